The molecule has 1 rings (SSSR count). The number of urea groups is 1. The highest BCUT2D eigenvalue weighted by Gasteiger charge is 2.10. The van der Waals surface area contributed by atoms with Gasteiger partial charge in [-0.2, -0.15) is 0 Å². The number of anilines is 1. The van der Waals surface area contributed by atoms with Crippen LogP contribution in [0.25, 0.3) is 0 Å². The Morgan fingerprint density at radius 3 is 2.68 bits per heavy atom. The van der Waals surface area contributed by atoms with Gasteiger partial charge in [0.2, 0.25) is 5.91 Å². The molecule has 19 heavy (non-hydrogen) atoms. The van der Waals surface area contributed by atoms with Gasteiger partial charge in [-0.1, -0.05) is 17.7 Å². The highest BCUT2D eigenvalue weighted by atomic mass is 35.5. The smallest absolute Gasteiger partial charge is 0.321 e. The van der Waals surface area contributed by atoms with Crippen molar-refractivity contribution in [1.82, 2.24) is 10.6 Å². The van der Waals surface area contributed by atoms with Gasteiger partial charge in [-0.3, -0.25) is 10.1 Å². The van der Waals surface area contributed by atoms with E-state index in [0.29, 0.717) is 0 Å². The second-order valence-corrected chi connectivity index (χ2v) is 4.54. The molecule has 0 saturated heterocycles. The third kappa shape index (κ3) is 5.13. The molecule has 1 aromatic carbocycles. The Morgan fingerprint density at radius 2 is 2.05 bits per heavy atom. The Balaban J connectivity index is 2.46. The molecule has 3 N–H and O–H groups in total. The number of benzene rings is 1. The first-order chi connectivity index (χ1) is 8.90. The minimum absolute atomic E-state index is 0.0389. The Morgan fingerprint density at radius 1 is 1.37 bits per heavy atom. The first-order valence-electron chi connectivity index (χ1n) is 5.68. The molecule has 0 aliphatic carbocycles. The minimum atomic E-state index is -0.636. The Labute approximate surface area is 115 Å². The lowest BCUT2D eigenvalue weighted by atomic mass is 10.3. The Kier molecular flexibility index (Phi) is 5.57. The predicted octanol–water partition coefficient (Wildman–Crippen LogP) is 2.13. The number of halogens is 2. The molecule has 0 aliphatic heterocycles. The van der Waals surface area contributed by atoms with Crippen molar-refractivity contribution >= 4 is 29.2 Å². The van der Waals surface area contributed by atoms with E-state index in [1.165, 1.54) is 12.1 Å². The predicted molar refractivity (Wildman–Crippen MR) is 71.7 cm³/mol. The second-order valence-electron chi connectivity index (χ2n) is 4.13. The summed E-state index contributed by atoms with van der Waals surface area (Å²) < 4.78 is 13.5. The van der Waals surface area contributed by atoms with Crippen molar-refractivity contribution in [3.05, 3.63) is 29.0 Å². The van der Waals surface area contributed by atoms with Gasteiger partial charge in [0, 0.05) is 6.04 Å². The summed E-state index contributed by atoms with van der Waals surface area (Å²) in [5.41, 5.74) is 0.104. The van der Waals surface area contributed by atoms with Crippen LogP contribution in [0, 0.1) is 5.82 Å². The molecule has 0 fully saturated rings. The van der Waals surface area contributed by atoms with Crippen LogP contribution in [0.15, 0.2) is 18.2 Å². The van der Waals surface area contributed by atoms with Crippen LogP contribution in [0.4, 0.5) is 14.9 Å². The fourth-order valence-corrected chi connectivity index (χ4v) is 1.46. The summed E-state index contributed by atoms with van der Waals surface area (Å²) in [5, 5.41) is 7.13. The maximum absolute atomic E-state index is 13.5. The molecule has 0 heterocycles. The molecule has 0 aliphatic rings. The van der Waals surface area contributed by atoms with Gasteiger partial charge in [0.1, 0.15) is 0 Å². The average Bonchev–Trinajstić information content (AvgIpc) is 2.30. The summed E-state index contributed by atoms with van der Waals surface area (Å²) in [6.07, 6.45) is 0. The van der Waals surface area contributed by atoms with Crippen LogP contribution in [0.5, 0.6) is 0 Å². The van der Waals surface area contributed by atoms with Gasteiger partial charge in [-0.25, -0.2) is 9.18 Å². The van der Waals surface area contributed by atoms with Crippen molar-refractivity contribution in [2.24, 2.45) is 0 Å². The number of carbonyl (C=O) groups excluding carboxylic acids is 2. The highest BCUT2D eigenvalue weighted by Crippen LogP contribution is 2.21. The number of amides is 3. The van der Waals surface area contributed by atoms with Crippen molar-refractivity contribution in [1.29, 1.82) is 0 Å². The molecule has 0 bridgehead atoms. The first-order valence-corrected chi connectivity index (χ1v) is 6.06. The van der Waals surface area contributed by atoms with Crippen LogP contribution in [0.2, 0.25) is 5.02 Å². The van der Waals surface area contributed by atoms with Crippen LogP contribution >= 0.6 is 11.6 Å². The van der Waals surface area contributed by atoms with E-state index >= 15 is 0 Å². The Hall–Kier alpha value is -1.82. The molecule has 5 nitrogen and oxygen atoms in total. The van der Waals surface area contributed by atoms with E-state index in [2.05, 4.69) is 16.0 Å². The number of rotatable bonds is 4. The molecule has 0 saturated carbocycles. The maximum Gasteiger partial charge on any atom is 0.321 e. The SMILES string of the molecule is CC(C)NC(=O)NC(=O)CNc1cccc(Cl)c1F. The van der Waals surface area contributed by atoms with E-state index < -0.39 is 17.8 Å². The summed E-state index contributed by atoms with van der Waals surface area (Å²) in [7, 11) is 0. The van der Waals surface area contributed by atoms with E-state index in [1.807, 2.05) is 0 Å². The third-order valence-corrected chi connectivity index (χ3v) is 2.36. The molecule has 104 valence electrons. The van der Waals surface area contributed by atoms with E-state index in [9.17, 15) is 14.0 Å². The first kappa shape index (κ1) is 15.2. The molecule has 0 atom stereocenters. The second kappa shape index (κ2) is 6.94. The number of nitrogens with one attached hydrogen (secondary N) is 3. The molecule has 1 aromatic rings. The molecule has 0 spiro atoms. The molecule has 7 heteroatoms. The van der Waals surface area contributed by atoms with Crippen molar-refractivity contribution in [3.63, 3.8) is 0 Å². The average molecular weight is 288 g/mol. The van der Waals surface area contributed by atoms with Gasteiger partial charge in [-0.05, 0) is 26.0 Å². The van der Waals surface area contributed by atoms with Crippen molar-refractivity contribution in [2.45, 2.75) is 19.9 Å². The summed E-state index contributed by atoms with van der Waals surface area (Å²) >= 11 is 5.59. The number of hydrogen-bond donors (Lipinski definition) is 3. The molecular weight excluding hydrogens is 273 g/mol. The number of hydrogen-bond acceptors (Lipinski definition) is 3. The normalized spacial score (nSPS) is 10.2. The zero-order valence-electron chi connectivity index (χ0n) is 10.6. The van der Waals surface area contributed by atoms with Gasteiger partial charge < -0.3 is 10.6 Å². The topological polar surface area (TPSA) is 70.2 Å². The lowest BCUT2D eigenvalue weighted by molar-refractivity contribution is -0.118. The van der Waals surface area contributed by atoms with Crippen LogP contribution < -0.4 is 16.0 Å². The quantitative estimate of drug-likeness (QED) is 0.794. The number of carbonyl (C=O) groups is 2. The highest BCUT2D eigenvalue weighted by molar-refractivity contribution is 6.31. The fraction of sp³-hybridized carbons (Fsp3) is 0.333. The molecular formula is C12H15ClFN3O2. The maximum atomic E-state index is 13.5. The third-order valence-electron chi connectivity index (χ3n) is 2.06. The molecule has 0 radical (unpaired) electrons. The van der Waals surface area contributed by atoms with Gasteiger partial charge in [0.25, 0.3) is 0 Å². The van der Waals surface area contributed by atoms with Crippen LogP contribution in [0.1, 0.15) is 13.8 Å². The lowest BCUT2D eigenvalue weighted by Crippen LogP contribution is -2.44. The molecule has 0 unspecified atom stereocenters. The van der Waals surface area contributed by atoms with Crippen LogP contribution in [-0.2, 0) is 4.79 Å². The monoisotopic (exact) mass is 287 g/mol. The van der Waals surface area contributed by atoms with Gasteiger partial charge in [0.05, 0.1) is 17.3 Å². The Bertz CT molecular complexity index is 480. The number of imide groups is 1. The lowest BCUT2D eigenvalue weighted by Gasteiger charge is -2.10. The van der Waals surface area contributed by atoms with Gasteiger partial charge >= 0.3 is 6.03 Å². The van der Waals surface area contributed by atoms with Crippen molar-refractivity contribution < 1.29 is 14.0 Å². The largest absolute Gasteiger partial charge is 0.374 e. The summed E-state index contributed by atoms with van der Waals surface area (Å²) in [5.74, 6) is -1.21. The zero-order chi connectivity index (χ0) is 14.4. The van der Waals surface area contributed by atoms with Crippen LogP contribution in [0.3, 0.4) is 0 Å². The van der Waals surface area contributed by atoms with E-state index in [4.69, 9.17) is 11.6 Å². The van der Waals surface area contributed by atoms with Crippen molar-refractivity contribution in [3.8, 4) is 0 Å². The summed E-state index contributed by atoms with van der Waals surface area (Å²) in [4.78, 5) is 22.6. The van der Waals surface area contributed by atoms with Crippen LogP contribution in [-0.4, -0.2) is 24.5 Å². The van der Waals surface area contributed by atoms with E-state index in [1.54, 1.807) is 19.9 Å². The van der Waals surface area contributed by atoms with Gasteiger partial charge in [0.15, 0.2) is 5.82 Å². The minimum Gasteiger partial charge on any atom is -0.374 e. The fourth-order valence-electron chi connectivity index (χ4n) is 1.28. The van der Waals surface area contributed by atoms with Gasteiger partial charge in [-0.15, -0.1) is 0 Å². The summed E-state index contributed by atoms with van der Waals surface area (Å²) in [6, 6.07) is 3.73. The van der Waals surface area contributed by atoms with Crippen molar-refractivity contribution in [2.75, 3.05) is 11.9 Å². The molecule has 3 amide bonds. The van der Waals surface area contributed by atoms with E-state index in [0.717, 1.165) is 0 Å². The van der Waals surface area contributed by atoms with E-state index in [-0.39, 0.29) is 23.3 Å². The standard InChI is InChI=1S/C12H15ClFN3O2/c1-7(2)16-12(19)17-10(18)6-15-9-5-3-4-8(13)11(9)14/h3-5,7,15H,6H2,1-2H3,(H2,16,17,18,19). The molecule has 0 aromatic heterocycles. The zero-order valence-corrected chi connectivity index (χ0v) is 11.3. The summed E-state index contributed by atoms with van der Waals surface area (Å²) in [6.45, 7) is 3.30.